The van der Waals surface area contributed by atoms with Crippen LogP contribution in [0.15, 0.2) is 42.5 Å². The van der Waals surface area contributed by atoms with E-state index in [1.807, 2.05) is 24.3 Å². The normalized spacial score (nSPS) is 12.4. The van der Waals surface area contributed by atoms with Gasteiger partial charge in [-0.25, -0.2) is 8.78 Å². The van der Waals surface area contributed by atoms with Gasteiger partial charge in [-0.2, -0.15) is 0 Å². The van der Waals surface area contributed by atoms with E-state index < -0.39 is 11.6 Å². The summed E-state index contributed by atoms with van der Waals surface area (Å²) >= 11 is 0. The third kappa shape index (κ3) is 3.18. The quantitative estimate of drug-likeness (QED) is 0.890. The molecule has 0 fully saturated rings. The van der Waals surface area contributed by atoms with E-state index in [2.05, 4.69) is 6.92 Å². The molecule has 0 saturated heterocycles. The first-order chi connectivity index (χ1) is 9.11. The lowest BCUT2D eigenvalue weighted by Crippen LogP contribution is -2.14. The summed E-state index contributed by atoms with van der Waals surface area (Å²) in [5, 5.41) is 0. The van der Waals surface area contributed by atoms with Crippen LogP contribution < -0.4 is 5.73 Å². The van der Waals surface area contributed by atoms with Crippen LogP contribution in [0, 0.1) is 11.6 Å². The molecule has 1 nitrogen and oxygen atoms in total. The minimum Gasteiger partial charge on any atom is -0.324 e. The van der Waals surface area contributed by atoms with Crippen molar-refractivity contribution in [2.24, 2.45) is 5.73 Å². The summed E-state index contributed by atoms with van der Waals surface area (Å²) in [6.45, 7) is 2.07. The van der Waals surface area contributed by atoms with Crippen LogP contribution in [-0.4, -0.2) is 0 Å². The lowest BCUT2D eigenvalue weighted by Gasteiger charge is -2.14. The average Bonchev–Trinajstić information content (AvgIpc) is 2.44. The van der Waals surface area contributed by atoms with Crippen LogP contribution >= 0.6 is 0 Å². The number of hydrogen-bond acceptors (Lipinski definition) is 1. The number of nitrogens with two attached hydrogens (primary N) is 1. The second kappa shape index (κ2) is 5.93. The van der Waals surface area contributed by atoms with Crippen LogP contribution in [0.2, 0.25) is 0 Å². The number of halogens is 2. The van der Waals surface area contributed by atoms with Gasteiger partial charge in [0.15, 0.2) is 11.6 Å². The zero-order chi connectivity index (χ0) is 13.8. The molecule has 0 saturated carbocycles. The monoisotopic (exact) mass is 261 g/mol. The number of hydrogen-bond donors (Lipinski definition) is 1. The van der Waals surface area contributed by atoms with Crippen LogP contribution in [0.1, 0.15) is 29.7 Å². The van der Waals surface area contributed by atoms with Gasteiger partial charge in [0.2, 0.25) is 0 Å². The van der Waals surface area contributed by atoms with Crippen molar-refractivity contribution in [1.82, 2.24) is 0 Å². The van der Waals surface area contributed by atoms with Gasteiger partial charge in [-0.1, -0.05) is 43.3 Å². The smallest absolute Gasteiger partial charge is 0.162 e. The van der Waals surface area contributed by atoms with Gasteiger partial charge in [0.05, 0.1) is 0 Å². The Hall–Kier alpha value is -1.74. The molecule has 1 atom stereocenters. The molecule has 2 rings (SSSR count). The van der Waals surface area contributed by atoms with Crippen LogP contribution in [0.5, 0.6) is 0 Å². The Morgan fingerprint density at radius 2 is 1.84 bits per heavy atom. The van der Waals surface area contributed by atoms with E-state index in [9.17, 15) is 8.78 Å². The van der Waals surface area contributed by atoms with Crippen molar-refractivity contribution >= 4 is 0 Å². The van der Waals surface area contributed by atoms with E-state index in [4.69, 9.17) is 5.73 Å². The zero-order valence-electron chi connectivity index (χ0n) is 10.9. The molecule has 0 amide bonds. The largest absolute Gasteiger partial charge is 0.324 e. The lowest BCUT2D eigenvalue weighted by molar-refractivity contribution is 0.494. The molecule has 0 aromatic heterocycles. The Morgan fingerprint density at radius 3 is 2.58 bits per heavy atom. The highest BCUT2D eigenvalue weighted by atomic mass is 19.2. The van der Waals surface area contributed by atoms with E-state index in [1.54, 1.807) is 6.07 Å². The molecule has 19 heavy (non-hydrogen) atoms. The van der Waals surface area contributed by atoms with Crippen molar-refractivity contribution in [3.05, 3.63) is 70.8 Å². The summed E-state index contributed by atoms with van der Waals surface area (Å²) in [4.78, 5) is 0. The first kappa shape index (κ1) is 13.7. The SMILES string of the molecule is CCc1cccc(C(N)Cc2cccc(F)c2F)c1. The molecule has 0 bridgehead atoms. The standard InChI is InChI=1S/C16H17F2N/c1-2-11-5-3-6-12(9-11)15(19)10-13-7-4-8-14(17)16(13)18/h3-9,15H,2,10,19H2,1H3. The molecule has 100 valence electrons. The Kier molecular flexibility index (Phi) is 4.27. The lowest BCUT2D eigenvalue weighted by atomic mass is 9.97. The van der Waals surface area contributed by atoms with Gasteiger partial charge in [-0.3, -0.25) is 0 Å². The summed E-state index contributed by atoms with van der Waals surface area (Å²) in [5.74, 6) is -1.63. The maximum atomic E-state index is 13.6. The van der Waals surface area contributed by atoms with Crippen molar-refractivity contribution in [2.45, 2.75) is 25.8 Å². The first-order valence-corrected chi connectivity index (χ1v) is 6.39. The highest BCUT2D eigenvalue weighted by Gasteiger charge is 2.13. The van der Waals surface area contributed by atoms with Crippen molar-refractivity contribution in [2.75, 3.05) is 0 Å². The predicted octanol–water partition coefficient (Wildman–Crippen LogP) is 3.77. The number of rotatable bonds is 4. The van der Waals surface area contributed by atoms with Crippen LogP contribution in [0.3, 0.4) is 0 Å². The topological polar surface area (TPSA) is 26.0 Å². The van der Waals surface area contributed by atoms with Crippen molar-refractivity contribution < 1.29 is 8.78 Å². The summed E-state index contributed by atoms with van der Waals surface area (Å²) in [6, 6.07) is 11.8. The molecule has 3 heteroatoms. The molecular weight excluding hydrogens is 244 g/mol. The first-order valence-electron chi connectivity index (χ1n) is 6.39. The maximum Gasteiger partial charge on any atom is 0.162 e. The fraction of sp³-hybridized carbons (Fsp3) is 0.250. The molecule has 1 unspecified atom stereocenters. The van der Waals surface area contributed by atoms with Gasteiger partial charge < -0.3 is 5.73 Å². The molecule has 2 N–H and O–H groups in total. The molecule has 2 aromatic rings. The summed E-state index contributed by atoms with van der Waals surface area (Å²) < 4.78 is 26.7. The summed E-state index contributed by atoms with van der Waals surface area (Å²) in [5.41, 5.74) is 8.53. The van der Waals surface area contributed by atoms with Gasteiger partial charge in [-0.15, -0.1) is 0 Å². The highest BCUT2D eigenvalue weighted by Crippen LogP contribution is 2.20. The summed E-state index contributed by atoms with van der Waals surface area (Å²) in [6.07, 6.45) is 1.21. The number of aryl methyl sites for hydroxylation is 1. The Labute approximate surface area is 112 Å². The second-order valence-corrected chi connectivity index (χ2v) is 4.62. The average molecular weight is 261 g/mol. The maximum absolute atomic E-state index is 13.6. The Bertz CT molecular complexity index is 566. The second-order valence-electron chi connectivity index (χ2n) is 4.62. The molecule has 2 aromatic carbocycles. The van der Waals surface area contributed by atoms with E-state index in [1.165, 1.54) is 11.6 Å². The molecule has 0 aliphatic carbocycles. The van der Waals surface area contributed by atoms with E-state index in [0.717, 1.165) is 18.1 Å². The van der Waals surface area contributed by atoms with Gasteiger partial charge in [-0.05, 0) is 35.6 Å². The van der Waals surface area contributed by atoms with Crippen LogP contribution in [-0.2, 0) is 12.8 Å². The zero-order valence-corrected chi connectivity index (χ0v) is 10.9. The van der Waals surface area contributed by atoms with Crippen molar-refractivity contribution in [1.29, 1.82) is 0 Å². The van der Waals surface area contributed by atoms with Gasteiger partial charge in [0.1, 0.15) is 0 Å². The van der Waals surface area contributed by atoms with Gasteiger partial charge >= 0.3 is 0 Å². The fourth-order valence-corrected chi connectivity index (χ4v) is 2.10. The van der Waals surface area contributed by atoms with Gasteiger partial charge in [0, 0.05) is 6.04 Å². The Balaban J connectivity index is 2.20. The number of benzene rings is 2. The van der Waals surface area contributed by atoms with E-state index in [0.29, 0.717) is 5.56 Å². The third-order valence-corrected chi connectivity index (χ3v) is 3.26. The van der Waals surface area contributed by atoms with Crippen LogP contribution in [0.4, 0.5) is 8.78 Å². The van der Waals surface area contributed by atoms with Gasteiger partial charge in [0.25, 0.3) is 0 Å². The fourth-order valence-electron chi connectivity index (χ4n) is 2.10. The van der Waals surface area contributed by atoms with E-state index >= 15 is 0 Å². The third-order valence-electron chi connectivity index (χ3n) is 3.26. The minimum atomic E-state index is -0.827. The Morgan fingerprint density at radius 1 is 1.11 bits per heavy atom. The van der Waals surface area contributed by atoms with E-state index in [-0.39, 0.29) is 12.5 Å². The summed E-state index contributed by atoms with van der Waals surface area (Å²) in [7, 11) is 0. The molecule has 0 aliphatic rings. The van der Waals surface area contributed by atoms with Crippen molar-refractivity contribution in [3.8, 4) is 0 Å². The minimum absolute atomic E-state index is 0.288. The molecular formula is C16H17F2N. The predicted molar refractivity (Wildman–Crippen MR) is 72.8 cm³/mol. The van der Waals surface area contributed by atoms with Crippen molar-refractivity contribution in [3.63, 3.8) is 0 Å². The highest BCUT2D eigenvalue weighted by molar-refractivity contribution is 5.28. The van der Waals surface area contributed by atoms with Crippen LogP contribution in [0.25, 0.3) is 0 Å². The molecule has 0 radical (unpaired) electrons. The molecule has 0 aliphatic heterocycles. The molecule has 0 spiro atoms. The molecule has 0 heterocycles.